The molecule has 1 N–H and O–H groups in total. The van der Waals surface area contributed by atoms with Crippen molar-refractivity contribution in [2.75, 3.05) is 11.9 Å². The van der Waals surface area contributed by atoms with Crippen LogP contribution >= 0.6 is 11.8 Å². The highest BCUT2D eigenvalue weighted by molar-refractivity contribution is 8.18. The van der Waals surface area contributed by atoms with Crippen LogP contribution in [0.3, 0.4) is 0 Å². The number of carbonyl (C=O) groups is 3. The Hall–Kier alpha value is -3.58. The lowest BCUT2D eigenvalue weighted by Crippen LogP contribution is -2.36. The Morgan fingerprint density at radius 3 is 2.53 bits per heavy atom. The molecule has 0 bridgehead atoms. The maximum Gasteiger partial charge on any atom is 0.294 e. The zero-order chi connectivity index (χ0) is 21.1. The lowest BCUT2D eigenvalue weighted by atomic mass is 10.2. The lowest BCUT2D eigenvalue weighted by Gasteiger charge is -2.13. The van der Waals surface area contributed by atoms with Crippen molar-refractivity contribution in [1.82, 2.24) is 9.47 Å². The van der Waals surface area contributed by atoms with Crippen molar-refractivity contribution < 1.29 is 14.4 Å². The van der Waals surface area contributed by atoms with Crippen LogP contribution in [-0.4, -0.2) is 33.1 Å². The molecule has 1 aromatic heterocycles. The van der Waals surface area contributed by atoms with Crippen molar-refractivity contribution in [3.63, 3.8) is 0 Å². The van der Waals surface area contributed by atoms with Gasteiger partial charge in [0.15, 0.2) is 0 Å². The number of imide groups is 1. The largest absolute Gasteiger partial charge is 0.324 e. The minimum absolute atomic E-state index is 0.300. The summed E-state index contributed by atoms with van der Waals surface area (Å²) >= 11 is 0.842. The van der Waals surface area contributed by atoms with Crippen LogP contribution in [0.4, 0.5) is 10.5 Å². The van der Waals surface area contributed by atoms with Crippen LogP contribution in [-0.2, 0) is 9.59 Å². The highest BCUT2D eigenvalue weighted by Crippen LogP contribution is 2.32. The number of rotatable bonds is 5. The number of aryl methyl sites for hydroxylation is 1. The van der Waals surface area contributed by atoms with Crippen LogP contribution < -0.4 is 5.32 Å². The maximum absolute atomic E-state index is 12.7. The zero-order valence-corrected chi connectivity index (χ0v) is 17.1. The topological polar surface area (TPSA) is 71.4 Å². The average molecular weight is 417 g/mol. The maximum atomic E-state index is 12.7. The molecule has 3 amide bonds. The van der Waals surface area contributed by atoms with Gasteiger partial charge in [0.2, 0.25) is 5.91 Å². The van der Waals surface area contributed by atoms with E-state index in [1.54, 1.807) is 12.1 Å². The number of benzene rings is 2. The van der Waals surface area contributed by atoms with Gasteiger partial charge in [-0.05, 0) is 60.2 Å². The molecule has 30 heavy (non-hydrogen) atoms. The first-order chi connectivity index (χ1) is 14.5. The molecule has 1 aliphatic rings. The monoisotopic (exact) mass is 417 g/mol. The Morgan fingerprint density at radius 2 is 1.77 bits per heavy atom. The van der Waals surface area contributed by atoms with Gasteiger partial charge in [-0.15, -0.1) is 0 Å². The van der Waals surface area contributed by atoms with Crippen molar-refractivity contribution in [2.45, 2.75) is 6.92 Å². The van der Waals surface area contributed by atoms with Gasteiger partial charge in [0, 0.05) is 23.8 Å². The SMILES string of the molecule is Cc1ccccc1NC(=O)CN1C(=O)S/C(=C/c2ccn(-c3ccccc3)c2)C1=O. The number of para-hydroxylation sites is 2. The molecule has 2 aromatic carbocycles. The number of anilines is 1. The summed E-state index contributed by atoms with van der Waals surface area (Å²) in [5.41, 5.74) is 3.36. The van der Waals surface area contributed by atoms with E-state index in [0.717, 1.165) is 33.5 Å². The fourth-order valence-corrected chi connectivity index (χ4v) is 3.93. The number of thioether (sulfide) groups is 1. The normalized spacial score (nSPS) is 15.1. The van der Waals surface area contributed by atoms with Crippen LogP contribution in [0.2, 0.25) is 0 Å². The highest BCUT2D eigenvalue weighted by Gasteiger charge is 2.36. The minimum atomic E-state index is -0.461. The quantitative estimate of drug-likeness (QED) is 0.622. The van der Waals surface area contributed by atoms with Gasteiger partial charge in [-0.25, -0.2) is 0 Å². The van der Waals surface area contributed by atoms with Gasteiger partial charge in [-0.1, -0.05) is 36.4 Å². The second kappa shape index (κ2) is 8.42. The Morgan fingerprint density at radius 1 is 1.03 bits per heavy atom. The molecular weight excluding hydrogens is 398 g/mol. The summed E-state index contributed by atoms with van der Waals surface area (Å²) < 4.78 is 1.94. The smallest absolute Gasteiger partial charge is 0.294 e. The third-order valence-electron chi connectivity index (χ3n) is 4.66. The summed E-state index contributed by atoms with van der Waals surface area (Å²) in [6, 6.07) is 19.0. The third kappa shape index (κ3) is 4.21. The Labute approximate surface area is 178 Å². The molecule has 1 fully saturated rings. The molecule has 0 saturated carbocycles. The summed E-state index contributed by atoms with van der Waals surface area (Å²) in [7, 11) is 0. The van der Waals surface area contributed by atoms with E-state index < -0.39 is 17.1 Å². The predicted octanol–water partition coefficient (Wildman–Crippen LogP) is 4.46. The predicted molar refractivity (Wildman–Crippen MR) is 118 cm³/mol. The van der Waals surface area contributed by atoms with E-state index in [1.165, 1.54) is 0 Å². The summed E-state index contributed by atoms with van der Waals surface area (Å²) in [6.45, 7) is 1.56. The first kappa shape index (κ1) is 19.7. The molecule has 0 aliphatic carbocycles. The summed E-state index contributed by atoms with van der Waals surface area (Å²) in [5.74, 6) is -0.875. The number of hydrogen-bond donors (Lipinski definition) is 1. The third-order valence-corrected chi connectivity index (χ3v) is 5.57. The van der Waals surface area contributed by atoms with Crippen molar-refractivity contribution in [2.24, 2.45) is 0 Å². The molecule has 4 rings (SSSR count). The van der Waals surface area contributed by atoms with Crippen molar-refractivity contribution in [3.8, 4) is 5.69 Å². The molecule has 150 valence electrons. The van der Waals surface area contributed by atoms with E-state index in [1.807, 2.05) is 78.5 Å². The van der Waals surface area contributed by atoms with Gasteiger partial charge < -0.3 is 9.88 Å². The number of hydrogen-bond acceptors (Lipinski definition) is 4. The fourth-order valence-electron chi connectivity index (χ4n) is 3.09. The van der Waals surface area contributed by atoms with Gasteiger partial charge in [0.25, 0.3) is 11.1 Å². The van der Waals surface area contributed by atoms with Gasteiger partial charge >= 0.3 is 0 Å². The van der Waals surface area contributed by atoms with E-state index in [0.29, 0.717) is 10.6 Å². The first-order valence-electron chi connectivity index (χ1n) is 9.35. The Bertz CT molecular complexity index is 1150. The number of nitrogens with zero attached hydrogens (tertiary/aromatic N) is 2. The van der Waals surface area contributed by atoms with Crippen LogP contribution in [0.25, 0.3) is 11.8 Å². The Kier molecular flexibility index (Phi) is 5.54. The van der Waals surface area contributed by atoms with Gasteiger partial charge in [-0.2, -0.15) is 0 Å². The number of nitrogens with one attached hydrogen (secondary N) is 1. The zero-order valence-electron chi connectivity index (χ0n) is 16.2. The van der Waals surface area contributed by atoms with Crippen LogP contribution in [0.5, 0.6) is 0 Å². The average Bonchev–Trinajstić information content (AvgIpc) is 3.31. The second-order valence-corrected chi connectivity index (χ2v) is 7.81. The van der Waals surface area contributed by atoms with Crippen LogP contribution in [0.15, 0.2) is 78.0 Å². The van der Waals surface area contributed by atoms with Gasteiger partial charge in [0.05, 0.1) is 4.91 Å². The molecule has 0 spiro atoms. The number of amides is 3. The fraction of sp³-hybridized carbons (Fsp3) is 0.0870. The van der Waals surface area contributed by atoms with Gasteiger partial charge in [0.1, 0.15) is 6.54 Å². The summed E-state index contributed by atoms with van der Waals surface area (Å²) in [4.78, 5) is 38.6. The van der Waals surface area contributed by atoms with E-state index in [-0.39, 0.29) is 6.54 Å². The minimum Gasteiger partial charge on any atom is -0.324 e. The molecule has 2 heterocycles. The standard InChI is InChI=1S/C23H19N3O3S/c1-16-7-5-6-10-19(16)24-21(27)15-26-22(28)20(30-23(26)29)13-17-11-12-25(14-17)18-8-3-2-4-9-18/h2-14H,15H2,1H3,(H,24,27)/b20-13+. The van der Waals surface area contributed by atoms with Crippen molar-refractivity contribution in [3.05, 3.63) is 89.1 Å². The molecule has 0 unspecified atom stereocenters. The molecule has 7 heteroatoms. The first-order valence-corrected chi connectivity index (χ1v) is 10.2. The molecule has 3 aromatic rings. The second-order valence-electron chi connectivity index (χ2n) is 6.82. The van der Waals surface area contributed by atoms with Crippen molar-refractivity contribution in [1.29, 1.82) is 0 Å². The Balaban J connectivity index is 1.45. The number of aromatic nitrogens is 1. The number of carbonyl (C=O) groups excluding carboxylic acids is 3. The van der Waals surface area contributed by atoms with E-state index in [2.05, 4.69) is 5.32 Å². The molecule has 6 nitrogen and oxygen atoms in total. The van der Waals surface area contributed by atoms with E-state index in [4.69, 9.17) is 0 Å². The lowest BCUT2D eigenvalue weighted by molar-refractivity contribution is -0.127. The molecule has 0 atom stereocenters. The van der Waals surface area contributed by atoms with Crippen LogP contribution in [0.1, 0.15) is 11.1 Å². The van der Waals surface area contributed by atoms with Crippen molar-refractivity contribution >= 4 is 40.6 Å². The summed E-state index contributed by atoms with van der Waals surface area (Å²) in [5, 5.41) is 2.30. The van der Waals surface area contributed by atoms with Gasteiger partial charge in [-0.3, -0.25) is 19.3 Å². The molecule has 0 radical (unpaired) electrons. The summed E-state index contributed by atoms with van der Waals surface area (Å²) in [6.07, 6.45) is 5.44. The molecule has 1 saturated heterocycles. The van der Waals surface area contributed by atoms with E-state index >= 15 is 0 Å². The molecule has 1 aliphatic heterocycles. The molecular formula is C23H19N3O3S. The van der Waals surface area contributed by atoms with E-state index in [9.17, 15) is 14.4 Å². The van der Waals surface area contributed by atoms with Crippen LogP contribution in [0, 0.1) is 6.92 Å². The highest BCUT2D eigenvalue weighted by atomic mass is 32.2.